The van der Waals surface area contributed by atoms with Gasteiger partial charge in [-0.15, -0.1) is 0 Å². The molecule has 0 aliphatic heterocycles. The van der Waals surface area contributed by atoms with E-state index in [9.17, 15) is 9.90 Å². The van der Waals surface area contributed by atoms with Crippen molar-refractivity contribution in [3.8, 4) is 0 Å². The van der Waals surface area contributed by atoms with Crippen LogP contribution in [0.2, 0.25) is 0 Å². The Morgan fingerprint density at radius 3 is 2.22 bits per heavy atom. The number of rotatable bonds is 9. The topological polar surface area (TPSA) is 37.3 Å². The van der Waals surface area contributed by atoms with E-state index >= 15 is 0 Å². The van der Waals surface area contributed by atoms with Crippen molar-refractivity contribution in [3.63, 3.8) is 0 Å². The smallest absolute Gasteiger partial charge is 0.306 e. The summed E-state index contributed by atoms with van der Waals surface area (Å²) in [6.07, 6.45) is 13.7. The highest BCUT2D eigenvalue weighted by Crippen LogP contribution is 2.48. The van der Waals surface area contributed by atoms with Gasteiger partial charge in [0.15, 0.2) is 0 Å². The quantitative estimate of drug-likeness (QED) is 0.587. The molecule has 1 N–H and O–H groups in total. The first-order chi connectivity index (χ1) is 8.62. The van der Waals surface area contributed by atoms with Crippen LogP contribution in [0.5, 0.6) is 0 Å². The van der Waals surface area contributed by atoms with E-state index in [2.05, 4.69) is 6.92 Å². The van der Waals surface area contributed by atoms with Gasteiger partial charge in [0.2, 0.25) is 0 Å². The number of carbonyl (C=O) groups is 1. The van der Waals surface area contributed by atoms with E-state index in [1.54, 1.807) is 0 Å². The molecule has 0 aromatic carbocycles. The van der Waals surface area contributed by atoms with Crippen LogP contribution in [0.15, 0.2) is 0 Å². The summed E-state index contributed by atoms with van der Waals surface area (Å²) < 4.78 is 0. The summed E-state index contributed by atoms with van der Waals surface area (Å²) >= 11 is 0. The number of aliphatic carboxylic acids is 1. The van der Waals surface area contributed by atoms with E-state index in [1.807, 2.05) is 6.92 Å². The number of hydrogen-bond donors (Lipinski definition) is 1. The van der Waals surface area contributed by atoms with Crippen LogP contribution < -0.4 is 0 Å². The fourth-order valence-electron chi connectivity index (χ4n) is 3.50. The van der Waals surface area contributed by atoms with Crippen LogP contribution in [0.1, 0.15) is 84.5 Å². The van der Waals surface area contributed by atoms with Gasteiger partial charge in [0.25, 0.3) is 0 Å². The highest BCUT2D eigenvalue weighted by molar-refractivity contribution is 5.70. The minimum atomic E-state index is -0.595. The molecule has 1 aliphatic rings. The molecule has 0 amide bonds. The van der Waals surface area contributed by atoms with E-state index in [-0.39, 0.29) is 11.3 Å². The second-order valence-corrected chi connectivity index (χ2v) is 6.15. The van der Waals surface area contributed by atoms with E-state index < -0.39 is 5.97 Å². The zero-order valence-corrected chi connectivity index (χ0v) is 12.2. The van der Waals surface area contributed by atoms with Gasteiger partial charge in [0, 0.05) is 0 Å². The summed E-state index contributed by atoms with van der Waals surface area (Å²) in [5.41, 5.74) is 0.122. The minimum Gasteiger partial charge on any atom is -0.481 e. The van der Waals surface area contributed by atoms with Crippen molar-refractivity contribution >= 4 is 5.97 Å². The Labute approximate surface area is 112 Å². The zero-order valence-electron chi connectivity index (χ0n) is 12.2. The van der Waals surface area contributed by atoms with Gasteiger partial charge in [-0.25, -0.2) is 0 Å². The molecule has 2 heteroatoms. The van der Waals surface area contributed by atoms with Crippen LogP contribution >= 0.6 is 0 Å². The monoisotopic (exact) mass is 254 g/mol. The van der Waals surface area contributed by atoms with Crippen molar-refractivity contribution in [2.75, 3.05) is 0 Å². The molecule has 0 bridgehead atoms. The van der Waals surface area contributed by atoms with Crippen LogP contribution in [-0.4, -0.2) is 11.1 Å². The number of hydrogen-bond acceptors (Lipinski definition) is 1. The lowest BCUT2D eigenvalue weighted by atomic mass is 9.71. The Balaban J connectivity index is 2.32. The van der Waals surface area contributed by atoms with Gasteiger partial charge in [-0.05, 0) is 24.7 Å². The van der Waals surface area contributed by atoms with Gasteiger partial charge in [-0.3, -0.25) is 4.79 Å². The summed E-state index contributed by atoms with van der Waals surface area (Å²) in [6, 6.07) is 0. The molecule has 2 nitrogen and oxygen atoms in total. The average Bonchev–Trinajstić information content (AvgIpc) is 2.82. The van der Waals surface area contributed by atoms with Crippen molar-refractivity contribution < 1.29 is 9.90 Å². The van der Waals surface area contributed by atoms with E-state index in [1.165, 1.54) is 51.4 Å². The van der Waals surface area contributed by atoms with E-state index in [0.717, 1.165) is 19.3 Å². The second kappa shape index (κ2) is 7.81. The lowest BCUT2D eigenvalue weighted by Crippen LogP contribution is -2.31. The summed E-state index contributed by atoms with van der Waals surface area (Å²) in [7, 11) is 0. The molecule has 1 aliphatic carbocycles. The maximum atomic E-state index is 11.3. The average molecular weight is 254 g/mol. The Bertz CT molecular complexity index is 241. The molecular weight excluding hydrogens is 224 g/mol. The molecule has 1 unspecified atom stereocenters. The third kappa shape index (κ3) is 4.29. The van der Waals surface area contributed by atoms with Gasteiger partial charge in [0.05, 0.1) is 5.92 Å². The number of carboxylic acids is 1. The predicted molar refractivity (Wildman–Crippen MR) is 75.7 cm³/mol. The van der Waals surface area contributed by atoms with Gasteiger partial charge in [0.1, 0.15) is 0 Å². The van der Waals surface area contributed by atoms with Gasteiger partial charge in [-0.1, -0.05) is 65.2 Å². The minimum absolute atomic E-state index is 0.122. The van der Waals surface area contributed by atoms with Crippen LogP contribution in [0.3, 0.4) is 0 Å². The molecule has 0 aromatic rings. The van der Waals surface area contributed by atoms with Crippen molar-refractivity contribution in [3.05, 3.63) is 0 Å². The van der Waals surface area contributed by atoms with Crippen LogP contribution in [0.4, 0.5) is 0 Å². The lowest BCUT2D eigenvalue weighted by Gasteiger charge is -2.33. The molecule has 0 aromatic heterocycles. The molecule has 0 saturated heterocycles. The lowest BCUT2D eigenvalue weighted by molar-refractivity contribution is -0.146. The Hall–Kier alpha value is -0.530. The highest BCUT2D eigenvalue weighted by atomic mass is 16.4. The number of unbranched alkanes of at least 4 members (excludes halogenated alkanes) is 5. The molecular formula is C16H30O2. The largest absolute Gasteiger partial charge is 0.481 e. The first-order valence-corrected chi connectivity index (χ1v) is 7.85. The third-order valence-corrected chi connectivity index (χ3v) is 4.92. The van der Waals surface area contributed by atoms with Crippen molar-refractivity contribution in [2.45, 2.75) is 84.5 Å². The van der Waals surface area contributed by atoms with Crippen LogP contribution in [0, 0.1) is 11.3 Å². The maximum absolute atomic E-state index is 11.3. The van der Waals surface area contributed by atoms with Crippen molar-refractivity contribution in [2.24, 2.45) is 11.3 Å². The predicted octanol–water partition coefficient (Wildman–Crippen LogP) is 5.02. The standard InChI is InChI=1S/C16H30O2/c1-3-4-5-6-7-8-11-16(12-9-10-13-16)14(2)15(17)18/h14H,3-13H2,1-2H3,(H,17,18). The fourth-order valence-corrected chi connectivity index (χ4v) is 3.50. The van der Waals surface area contributed by atoms with Gasteiger partial charge >= 0.3 is 5.97 Å². The molecule has 0 heterocycles. The Morgan fingerprint density at radius 1 is 1.11 bits per heavy atom. The normalized spacial score (nSPS) is 19.9. The molecule has 106 valence electrons. The first-order valence-electron chi connectivity index (χ1n) is 7.85. The van der Waals surface area contributed by atoms with Crippen LogP contribution in [0.25, 0.3) is 0 Å². The van der Waals surface area contributed by atoms with E-state index in [4.69, 9.17) is 0 Å². The van der Waals surface area contributed by atoms with Gasteiger partial charge < -0.3 is 5.11 Å². The Kier molecular flexibility index (Phi) is 6.73. The molecule has 0 radical (unpaired) electrons. The van der Waals surface area contributed by atoms with E-state index in [0.29, 0.717) is 0 Å². The molecule has 1 saturated carbocycles. The number of carboxylic acid groups (broad SMARTS) is 1. The first kappa shape index (κ1) is 15.5. The van der Waals surface area contributed by atoms with Crippen molar-refractivity contribution in [1.29, 1.82) is 0 Å². The molecule has 1 atom stereocenters. The third-order valence-electron chi connectivity index (χ3n) is 4.92. The second-order valence-electron chi connectivity index (χ2n) is 6.15. The Morgan fingerprint density at radius 2 is 1.67 bits per heavy atom. The zero-order chi connectivity index (χ0) is 13.4. The molecule has 18 heavy (non-hydrogen) atoms. The van der Waals surface area contributed by atoms with Gasteiger partial charge in [-0.2, -0.15) is 0 Å². The fraction of sp³-hybridized carbons (Fsp3) is 0.938. The maximum Gasteiger partial charge on any atom is 0.306 e. The van der Waals surface area contributed by atoms with Crippen molar-refractivity contribution in [1.82, 2.24) is 0 Å². The summed E-state index contributed by atoms with van der Waals surface area (Å²) in [4.78, 5) is 11.3. The van der Waals surface area contributed by atoms with Crippen LogP contribution in [-0.2, 0) is 4.79 Å². The summed E-state index contributed by atoms with van der Waals surface area (Å²) in [5, 5.41) is 9.28. The summed E-state index contributed by atoms with van der Waals surface area (Å²) in [5.74, 6) is -0.751. The molecule has 1 fully saturated rings. The summed E-state index contributed by atoms with van der Waals surface area (Å²) in [6.45, 7) is 4.16. The molecule has 0 spiro atoms. The SMILES string of the molecule is CCCCCCCCC1(C(C)C(=O)O)CCCC1. The highest BCUT2D eigenvalue weighted by Gasteiger charge is 2.41. The molecule has 1 rings (SSSR count).